The van der Waals surface area contributed by atoms with Crippen molar-refractivity contribution in [3.8, 4) is 0 Å². The van der Waals surface area contributed by atoms with E-state index in [1.807, 2.05) is 11.8 Å². The van der Waals surface area contributed by atoms with Crippen LogP contribution in [0.1, 0.15) is 33.6 Å². The predicted molar refractivity (Wildman–Crippen MR) is 88.1 cm³/mol. The van der Waals surface area contributed by atoms with Crippen LogP contribution < -0.4 is 5.32 Å². The molecule has 0 aromatic carbocycles. The molecule has 0 aliphatic carbocycles. The minimum absolute atomic E-state index is 0.00588. The fourth-order valence-electron chi connectivity index (χ4n) is 3.65. The van der Waals surface area contributed by atoms with Gasteiger partial charge in [-0.3, -0.25) is 9.59 Å². The summed E-state index contributed by atoms with van der Waals surface area (Å²) in [5.74, 6) is 0.0784. The Bertz CT molecular complexity index is 545. The van der Waals surface area contributed by atoms with Crippen molar-refractivity contribution >= 4 is 11.8 Å². The Labute approximate surface area is 132 Å². The summed E-state index contributed by atoms with van der Waals surface area (Å²) in [5, 5.41) is 2.98. The molecule has 1 fully saturated rings. The van der Waals surface area contributed by atoms with Gasteiger partial charge in [-0.1, -0.05) is 46.1 Å². The molecular formula is C18H26N2O2. The second kappa shape index (κ2) is 6.11. The van der Waals surface area contributed by atoms with Crippen molar-refractivity contribution in [2.45, 2.75) is 39.7 Å². The van der Waals surface area contributed by atoms with Crippen LogP contribution in [0, 0.1) is 11.3 Å². The summed E-state index contributed by atoms with van der Waals surface area (Å²) in [6.07, 6.45) is 5.03. The largest absolute Gasteiger partial charge is 0.354 e. The van der Waals surface area contributed by atoms with Crippen LogP contribution in [0.25, 0.3) is 0 Å². The number of hydrogen-bond donors (Lipinski definition) is 1. The quantitative estimate of drug-likeness (QED) is 0.870. The number of carbonyl (C=O) groups excluding carboxylic acids is 2. The van der Waals surface area contributed by atoms with Crippen LogP contribution in [-0.2, 0) is 9.59 Å². The maximum atomic E-state index is 12.6. The molecule has 0 aromatic rings. The molecule has 0 spiro atoms. The van der Waals surface area contributed by atoms with Crippen LogP contribution in [0.2, 0.25) is 0 Å². The van der Waals surface area contributed by atoms with Gasteiger partial charge in [0, 0.05) is 24.6 Å². The van der Waals surface area contributed by atoms with Crippen molar-refractivity contribution in [3.63, 3.8) is 0 Å². The van der Waals surface area contributed by atoms with E-state index in [2.05, 4.69) is 32.3 Å². The van der Waals surface area contributed by atoms with Crippen molar-refractivity contribution in [1.29, 1.82) is 0 Å². The fourth-order valence-corrected chi connectivity index (χ4v) is 3.65. The average molecular weight is 302 g/mol. The predicted octanol–water partition coefficient (Wildman–Crippen LogP) is 2.44. The standard InChI is InChI=1S/C18H26N2O2/c1-6-13-11-20(17(22)15(13)7-2)14-9-18(4,5)8-12(3)16(21)19-10-14/h6-7,12,14H,1-2,8-11H2,3-5H3,(H,19,21). The Kier molecular flexibility index (Phi) is 4.59. The highest BCUT2D eigenvalue weighted by molar-refractivity contribution is 6.00. The summed E-state index contributed by atoms with van der Waals surface area (Å²) in [5.41, 5.74) is 1.57. The molecule has 120 valence electrons. The molecule has 2 aliphatic heterocycles. The summed E-state index contributed by atoms with van der Waals surface area (Å²) in [4.78, 5) is 26.5. The van der Waals surface area contributed by atoms with E-state index >= 15 is 0 Å². The van der Waals surface area contributed by atoms with E-state index in [1.165, 1.54) is 0 Å². The second-order valence-corrected chi connectivity index (χ2v) is 7.15. The number of nitrogens with zero attached hydrogens (tertiary/aromatic N) is 1. The van der Waals surface area contributed by atoms with Gasteiger partial charge in [0.05, 0.1) is 6.04 Å². The smallest absolute Gasteiger partial charge is 0.254 e. The lowest BCUT2D eigenvalue weighted by Crippen LogP contribution is -2.50. The number of hydrogen-bond acceptors (Lipinski definition) is 2. The first-order valence-corrected chi connectivity index (χ1v) is 7.86. The first kappa shape index (κ1) is 16.5. The molecule has 2 unspecified atom stereocenters. The third-order valence-electron chi connectivity index (χ3n) is 4.68. The molecule has 0 radical (unpaired) electrons. The van der Waals surface area contributed by atoms with E-state index in [9.17, 15) is 9.59 Å². The van der Waals surface area contributed by atoms with Gasteiger partial charge >= 0.3 is 0 Å². The van der Waals surface area contributed by atoms with Gasteiger partial charge in [0.15, 0.2) is 0 Å². The van der Waals surface area contributed by atoms with E-state index in [1.54, 1.807) is 12.2 Å². The molecule has 2 aliphatic rings. The summed E-state index contributed by atoms with van der Waals surface area (Å²) in [7, 11) is 0. The van der Waals surface area contributed by atoms with Gasteiger partial charge < -0.3 is 10.2 Å². The number of amides is 2. The lowest BCUT2D eigenvalue weighted by molar-refractivity contribution is -0.131. The Hall–Kier alpha value is -1.84. The highest BCUT2D eigenvalue weighted by atomic mass is 16.2. The lowest BCUT2D eigenvalue weighted by Gasteiger charge is -2.38. The maximum Gasteiger partial charge on any atom is 0.254 e. The highest BCUT2D eigenvalue weighted by Crippen LogP contribution is 2.35. The van der Waals surface area contributed by atoms with Crippen LogP contribution in [0.15, 0.2) is 36.5 Å². The van der Waals surface area contributed by atoms with E-state index in [4.69, 9.17) is 0 Å². The van der Waals surface area contributed by atoms with Crippen LogP contribution >= 0.6 is 0 Å². The minimum atomic E-state index is -0.00595. The zero-order chi connectivity index (χ0) is 16.5. The van der Waals surface area contributed by atoms with Gasteiger partial charge in [0.2, 0.25) is 5.91 Å². The molecule has 1 saturated heterocycles. The number of rotatable bonds is 3. The van der Waals surface area contributed by atoms with Crippen LogP contribution in [0.5, 0.6) is 0 Å². The topological polar surface area (TPSA) is 49.4 Å². The molecule has 4 nitrogen and oxygen atoms in total. The first-order chi connectivity index (χ1) is 10.3. The Morgan fingerprint density at radius 3 is 2.45 bits per heavy atom. The molecule has 2 amide bonds. The van der Waals surface area contributed by atoms with Crippen molar-refractivity contribution in [1.82, 2.24) is 10.2 Å². The summed E-state index contributed by atoms with van der Waals surface area (Å²) in [6, 6.07) is 0.00588. The molecule has 2 atom stereocenters. The van der Waals surface area contributed by atoms with E-state index in [0.29, 0.717) is 18.7 Å². The van der Waals surface area contributed by atoms with Crippen molar-refractivity contribution in [2.24, 2.45) is 11.3 Å². The fraction of sp³-hybridized carbons (Fsp3) is 0.556. The van der Waals surface area contributed by atoms with Crippen molar-refractivity contribution < 1.29 is 9.59 Å². The molecule has 0 saturated carbocycles. The third kappa shape index (κ3) is 3.16. The van der Waals surface area contributed by atoms with Crippen LogP contribution in [-0.4, -0.2) is 35.8 Å². The first-order valence-electron chi connectivity index (χ1n) is 7.86. The Morgan fingerprint density at radius 2 is 1.91 bits per heavy atom. The Balaban J connectivity index is 2.22. The number of nitrogens with one attached hydrogen (secondary N) is 1. The van der Waals surface area contributed by atoms with Crippen LogP contribution in [0.3, 0.4) is 0 Å². The normalized spacial score (nSPS) is 29.0. The summed E-state index contributed by atoms with van der Waals surface area (Å²) < 4.78 is 0. The lowest BCUT2D eigenvalue weighted by atomic mass is 9.76. The Morgan fingerprint density at radius 1 is 1.23 bits per heavy atom. The van der Waals surface area contributed by atoms with E-state index in [0.717, 1.165) is 18.4 Å². The molecule has 0 bridgehead atoms. The third-order valence-corrected chi connectivity index (χ3v) is 4.68. The molecule has 0 aromatic heterocycles. The summed E-state index contributed by atoms with van der Waals surface area (Å²) in [6.45, 7) is 14.9. The second-order valence-electron chi connectivity index (χ2n) is 7.15. The van der Waals surface area contributed by atoms with Crippen LogP contribution in [0.4, 0.5) is 0 Å². The highest BCUT2D eigenvalue weighted by Gasteiger charge is 2.38. The minimum Gasteiger partial charge on any atom is -0.354 e. The average Bonchev–Trinajstić information content (AvgIpc) is 2.77. The SMILES string of the molecule is C=CC1=C(C=C)C(=O)N(C2CNC(=O)C(C)CC(C)(C)C2)C1. The van der Waals surface area contributed by atoms with Crippen molar-refractivity contribution in [3.05, 3.63) is 36.5 Å². The van der Waals surface area contributed by atoms with Gasteiger partial charge in [-0.15, -0.1) is 0 Å². The molecule has 2 heterocycles. The van der Waals surface area contributed by atoms with Gasteiger partial charge in [0.25, 0.3) is 5.91 Å². The molecule has 4 heteroatoms. The summed E-state index contributed by atoms with van der Waals surface area (Å²) >= 11 is 0. The monoisotopic (exact) mass is 302 g/mol. The zero-order valence-electron chi connectivity index (χ0n) is 13.8. The van der Waals surface area contributed by atoms with Crippen molar-refractivity contribution in [2.75, 3.05) is 13.1 Å². The zero-order valence-corrected chi connectivity index (χ0v) is 13.8. The van der Waals surface area contributed by atoms with Gasteiger partial charge in [0.1, 0.15) is 0 Å². The van der Waals surface area contributed by atoms with Gasteiger partial charge in [-0.25, -0.2) is 0 Å². The molecule has 22 heavy (non-hydrogen) atoms. The van der Waals surface area contributed by atoms with E-state index < -0.39 is 0 Å². The molecular weight excluding hydrogens is 276 g/mol. The molecule has 1 N–H and O–H groups in total. The van der Waals surface area contributed by atoms with Gasteiger partial charge in [-0.2, -0.15) is 0 Å². The molecule has 2 rings (SSSR count). The maximum absolute atomic E-state index is 12.6. The van der Waals surface area contributed by atoms with E-state index in [-0.39, 0.29) is 29.2 Å². The van der Waals surface area contributed by atoms with Gasteiger partial charge in [-0.05, 0) is 23.8 Å². The number of carbonyl (C=O) groups is 2.